The van der Waals surface area contributed by atoms with Crippen molar-refractivity contribution >= 4 is 11.8 Å². The molecule has 1 saturated heterocycles. The van der Waals surface area contributed by atoms with Gasteiger partial charge in [0.05, 0.1) is 0 Å². The molecule has 0 bridgehead atoms. The van der Waals surface area contributed by atoms with E-state index in [0.29, 0.717) is 24.8 Å². The van der Waals surface area contributed by atoms with Crippen LogP contribution in [0, 0.1) is 17.8 Å². The van der Waals surface area contributed by atoms with Crippen molar-refractivity contribution in [1.29, 1.82) is 0 Å². The first-order chi connectivity index (χ1) is 9.61. The van der Waals surface area contributed by atoms with Gasteiger partial charge in [0.25, 0.3) is 0 Å². The summed E-state index contributed by atoms with van der Waals surface area (Å²) in [6.45, 7) is 4.26. The van der Waals surface area contributed by atoms with Crippen molar-refractivity contribution in [2.75, 3.05) is 26.2 Å². The van der Waals surface area contributed by atoms with Crippen LogP contribution < -0.4 is 5.32 Å². The number of hydrogen-bond acceptors (Lipinski definition) is 3. The molecule has 2 amide bonds. The first-order valence-electron chi connectivity index (χ1n) is 7.79. The lowest BCUT2D eigenvalue weighted by molar-refractivity contribution is -0.136. The zero-order chi connectivity index (χ0) is 14.5. The van der Waals surface area contributed by atoms with Gasteiger partial charge in [-0.05, 0) is 38.0 Å². The van der Waals surface area contributed by atoms with Crippen LogP contribution in [0.25, 0.3) is 0 Å². The summed E-state index contributed by atoms with van der Waals surface area (Å²) in [6.07, 6.45) is 4.36. The molecule has 2 rings (SSSR count). The number of carbonyl (C=O) groups is 2. The number of likely N-dealkylation sites (tertiary alicyclic amines) is 1. The largest absolute Gasteiger partial charge is 0.396 e. The molecule has 2 aliphatic rings. The second-order valence-corrected chi connectivity index (χ2v) is 6.24. The first-order valence-corrected chi connectivity index (χ1v) is 7.79. The van der Waals surface area contributed by atoms with Gasteiger partial charge in [-0.1, -0.05) is 6.92 Å². The molecule has 0 spiro atoms. The van der Waals surface area contributed by atoms with Crippen LogP contribution in [0.15, 0.2) is 0 Å². The van der Waals surface area contributed by atoms with Crippen LogP contribution in [0.3, 0.4) is 0 Å². The third kappa shape index (κ3) is 4.20. The molecule has 5 nitrogen and oxygen atoms in total. The average molecular weight is 282 g/mol. The molecule has 2 N–H and O–H groups in total. The standard InChI is InChI=1S/C15H26N2O3/c1-11(6-9-18)10-16-14(19)12-4-7-17(8-5-12)15(20)13-2-3-13/h11-13,18H,2-10H2,1H3,(H,16,19). The Kier molecular flexibility index (Phi) is 5.40. The van der Waals surface area contributed by atoms with Crippen LogP contribution >= 0.6 is 0 Å². The van der Waals surface area contributed by atoms with Gasteiger partial charge in [0.15, 0.2) is 0 Å². The summed E-state index contributed by atoms with van der Waals surface area (Å²) in [5.74, 6) is 1.02. The van der Waals surface area contributed by atoms with Crippen molar-refractivity contribution < 1.29 is 14.7 Å². The molecule has 0 aromatic rings. The van der Waals surface area contributed by atoms with Crippen molar-refractivity contribution in [1.82, 2.24) is 10.2 Å². The zero-order valence-electron chi connectivity index (χ0n) is 12.3. The summed E-state index contributed by atoms with van der Waals surface area (Å²) in [6, 6.07) is 0. The molecule has 1 saturated carbocycles. The number of rotatable bonds is 6. The molecular weight excluding hydrogens is 256 g/mol. The number of piperidine rings is 1. The molecule has 0 radical (unpaired) electrons. The van der Waals surface area contributed by atoms with Gasteiger partial charge in [-0.25, -0.2) is 0 Å². The van der Waals surface area contributed by atoms with Gasteiger partial charge in [-0.3, -0.25) is 9.59 Å². The van der Waals surface area contributed by atoms with Crippen LogP contribution in [0.5, 0.6) is 0 Å². The highest BCUT2D eigenvalue weighted by Crippen LogP contribution is 2.32. The third-order valence-electron chi connectivity index (χ3n) is 4.35. The second-order valence-electron chi connectivity index (χ2n) is 6.24. The quantitative estimate of drug-likeness (QED) is 0.756. The maximum atomic E-state index is 12.1. The topological polar surface area (TPSA) is 69.6 Å². The average Bonchev–Trinajstić information content (AvgIpc) is 3.29. The third-order valence-corrected chi connectivity index (χ3v) is 4.35. The molecule has 20 heavy (non-hydrogen) atoms. The Hall–Kier alpha value is -1.10. The van der Waals surface area contributed by atoms with Gasteiger partial charge in [-0.2, -0.15) is 0 Å². The Balaban J connectivity index is 1.67. The van der Waals surface area contributed by atoms with Crippen LogP contribution in [-0.2, 0) is 9.59 Å². The van der Waals surface area contributed by atoms with E-state index >= 15 is 0 Å². The van der Waals surface area contributed by atoms with E-state index < -0.39 is 0 Å². The lowest BCUT2D eigenvalue weighted by atomic mass is 9.95. The lowest BCUT2D eigenvalue weighted by Gasteiger charge is -2.31. The fraction of sp³-hybridized carbons (Fsp3) is 0.867. The Morgan fingerprint density at radius 1 is 1.20 bits per heavy atom. The number of nitrogens with zero attached hydrogens (tertiary/aromatic N) is 1. The fourth-order valence-corrected chi connectivity index (χ4v) is 2.69. The van der Waals surface area contributed by atoms with Gasteiger partial charge in [0.2, 0.25) is 11.8 Å². The van der Waals surface area contributed by atoms with Crippen LogP contribution in [0.1, 0.15) is 39.0 Å². The SMILES string of the molecule is CC(CCO)CNC(=O)C1CCN(C(=O)C2CC2)CC1. The molecular formula is C15H26N2O3. The molecule has 0 aromatic carbocycles. The monoisotopic (exact) mass is 282 g/mol. The summed E-state index contributed by atoms with van der Waals surface area (Å²) < 4.78 is 0. The summed E-state index contributed by atoms with van der Waals surface area (Å²) in [5, 5.41) is 11.8. The Morgan fingerprint density at radius 2 is 1.85 bits per heavy atom. The van der Waals surface area contributed by atoms with Gasteiger partial charge in [0, 0.05) is 38.1 Å². The summed E-state index contributed by atoms with van der Waals surface area (Å²) >= 11 is 0. The molecule has 5 heteroatoms. The Morgan fingerprint density at radius 3 is 2.40 bits per heavy atom. The van der Waals surface area contributed by atoms with Gasteiger partial charge >= 0.3 is 0 Å². The van der Waals surface area contributed by atoms with Gasteiger partial charge in [-0.15, -0.1) is 0 Å². The maximum Gasteiger partial charge on any atom is 0.225 e. The van der Waals surface area contributed by atoms with Crippen molar-refractivity contribution in [3.63, 3.8) is 0 Å². The van der Waals surface area contributed by atoms with E-state index in [0.717, 1.165) is 38.8 Å². The second kappa shape index (κ2) is 7.07. The van der Waals surface area contributed by atoms with Gasteiger partial charge < -0.3 is 15.3 Å². The van der Waals surface area contributed by atoms with Crippen LogP contribution in [0.2, 0.25) is 0 Å². The van der Waals surface area contributed by atoms with E-state index in [1.165, 1.54) is 0 Å². The van der Waals surface area contributed by atoms with E-state index in [1.54, 1.807) is 0 Å². The van der Waals surface area contributed by atoms with E-state index in [2.05, 4.69) is 5.32 Å². The molecule has 1 heterocycles. The normalized spacial score (nSPS) is 21.6. The Labute approximate surface area is 120 Å². The predicted octanol–water partition coefficient (Wildman–Crippen LogP) is 0.770. The number of nitrogens with one attached hydrogen (secondary N) is 1. The van der Waals surface area contributed by atoms with E-state index in [1.807, 2.05) is 11.8 Å². The lowest BCUT2D eigenvalue weighted by Crippen LogP contribution is -2.44. The van der Waals surface area contributed by atoms with Crippen LogP contribution in [0.4, 0.5) is 0 Å². The summed E-state index contributed by atoms with van der Waals surface area (Å²) in [5.41, 5.74) is 0. The highest BCUT2D eigenvalue weighted by molar-refractivity contribution is 5.82. The molecule has 2 fully saturated rings. The van der Waals surface area contributed by atoms with E-state index in [4.69, 9.17) is 5.11 Å². The minimum Gasteiger partial charge on any atom is -0.396 e. The molecule has 1 atom stereocenters. The smallest absolute Gasteiger partial charge is 0.225 e. The van der Waals surface area contributed by atoms with Crippen molar-refractivity contribution in [2.45, 2.75) is 39.0 Å². The number of carbonyl (C=O) groups excluding carboxylic acids is 2. The highest BCUT2D eigenvalue weighted by Gasteiger charge is 2.35. The number of aliphatic hydroxyl groups is 1. The number of amides is 2. The molecule has 1 unspecified atom stereocenters. The molecule has 114 valence electrons. The minimum atomic E-state index is 0.0413. The minimum absolute atomic E-state index is 0.0413. The summed E-state index contributed by atoms with van der Waals surface area (Å²) in [7, 11) is 0. The number of aliphatic hydroxyl groups excluding tert-OH is 1. The predicted molar refractivity (Wildman–Crippen MR) is 75.9 cm³/mol. The van der Waals surface area contributed by atoms with E-state index in [-0.39, 0.29) is 24.3 Å². The van der Waals surface area contributed by atoms with E-state index in [9.17, 15) is 9.59 Å². The van der Waals surface area contributed by atoms with Crippen molar-refractivity contribution in [3.05, 3.63) is 0 Å². The van der Waals surface area contributed by atoms with Crippen molar-refractivity contribution in [3.8, 4) is 0 Å². The van der Waals surface area contributed by atoms with Crippen LogP contribution in [-0.4, -0.2) is 48.1 Å². The zero-order valence-corrected chi connectivity index (χ0v) is 12.3. The summed E-state index contributed by atoms with van der Waals surface area (Å²) in [4.78, 5) is 25.9. The molecule has 1 aliphatic carbocycles. The Bertz CT molecular complexity index is 347. The highest BCUT2D eigenvalue weighted by atomic mass is 16.3. The first kappa shape index (κ1) is 15.3. The van der Waals surface area contributed by atoms with Gasteiger partial charge in [0.1, 0.15) is 0 Å². The fourth-order valence-electron chi connectivity index (χ4n) is 2.69. The molecule has 1 aliphatic heterocycles. The number of hydrogen-bond donors (Lipinski definition) is 2. The molecule has 0 aromatic heterocycles. The van der Waals surface area contributed by atoms with Crippen molar-refractivity contribution in [2.24, 2.45) is 17.8 Å². The maximum absolute atomic E-state index is 12.1.